The molecule has 3 heterocycles. The lowest BCUT2D eigenvalue weighted by molar-refractivity contribution is -0.178. The van der Waals surface area contributed by atoms with Crippen LogP contribution in [0.5, 0.6) is 0 Å². The second-order valence-corrected chi connectivity index (χ2v) is 4.88. The normalized spacial score (nSPS) is 53.8. The summed E-state index contributed by atoms with van der Waals surface area (Å²) in [6.45, 7) is 4.05. The lowest BCUT2D eigenvalue weighted by Gasteiger charge is -2.24. The van der Waals surface area contributed by atoms with Gasteiger partial charge in [-0.25, -0.2) is 0 Å². The molecule has 5 atom stereocenters. The van der Waals surface area contributed by atoms with Crippen molar-refractivity contribution in [1.29, 1.82) is 0 Å². The van der Waals surface area contributed by atoms with Crippen LogP contribution in [0.15, 0.2) is 0 Å². The molecule has 3 saturated heterocycles. The Morgan fingerprint density at radius 2 is 1.93 bits per heavy atom. The molecule has 2 bridgehead atoms. The van der Waals surface area contributed by atoms with Crippen molar-refractivity contribution in [2.24, 2.45) is 5.92 Å². The molecule has 1 N–H and O–H groups in total. The topological polar surface area (TPSA) is 47.9 Å². The molecule has 0 aromatic rings. The van der Waals surface area contributed by atoms with Crippen molar-refractivity contribution in [3.05, 3.63) is 0 Å². The number of rotatable bonds is 1. The standard InChI is InChI=1S/C10H16O4/c1-10(2)13-8-6-3-5(4-11)7(12-6)9(8)14-10/h5-9,11H,3-4H2,1-2H3/t5-,6+,7-,8+,9-/m0/s1. The SMILES string of the molecule is CC1(C)O[C@H]2[C@H]3O[C@H](C[C@H]3CO)[C@H]2O1. The molecule has 0 amide bonds. The molecule has 3 aliphatic rings. The van der Waals surface area contributed by atoms with Crippen LogP contribution in [0.25, 0.3) is 0 Å². The highest BCUT2D eigenvalue weighted by Gasteiger charge is 2.61. The quantitative estimate of drug-likeness (QED) is 0.660. The van der Waals surface area contributed by atoms with Gasteiger partial charge in [0.15, 0.2) is 5.79 Å². The van der Waals surface area contributed by atoms with Crippen LogP contribution in [0.2, 0.25) is 0 Å². The summed E-state index contributed by atoms with van der Waals surface area (Å²) in [5, 5.41) is 9.16. The first kappa shape index (κ1) is 9.09. The summed E-state index contributed by atoms with van der Waals surface area (Å²) in [7, 11) is 0. The van der Waals surface area contributed by atoms with E-state index in [2.05, 4.69) is 0 Å². The highest BCUT2D eigenvalue weighted by Crippen LogP contribution is 2.48. The van der Waals surface area contributed by atoms with Crippen LogP contribution in [0.3, 0.4) is 0 Å². The number of ether oxygens (including phenoxy) is 3. The molecule has 0 saturated carbocycles. The smallest absolute Gasteiger partial charge is 0.164 e. The van der Waals surface area contributed by atoms with Crippen LogP contribution >= 0.6 is 0 Å². The van der Waals surface area contributed by atoms with E-state index in [4.69, 9.17) is 19.3 Å². The number of aliphatic hydroxyl groups is 1. The summed E-state index contributed by atoms with van der Waals surface area (Å²) in [6, 6.07) is 0. The molecular weight excluding hydrogens is 184 g/mol. The molecule has 3 aliphatic heterocycles. The largest absolute Gasteiger partial charge is 0.396 e. The average Bonchev–Trinajstić information content (AvgIpc) is 2.70. The molecule has 4 nitrogen and oxygen atoms in total. The zero-order valence-corrected chi connectivity index (χ0v) is 8.47. The molecule has 3 fully saturated rings. The monoisotopic (exact) mass is 200 g/mol. The minimum Gasteiger partial charge on any atom is -0.396 e. The van der Waals surface area contributed by atoms with Gasteiger partial charge in [-0.15, -0.1) is 0 Å². The predicted octanol–water partition coefficient (Wildman–Crippen LogP) is 0.286. The zero-order valence-electron chi connectivity index (χ0n) is 8.47. The molecule has 0 unspecified atom stereocenters. The minimum atomic E-state index is -0.486. The van der Waals surface area contributed by atoms with E-state index in [1.807, 2.05) is 13.8 Å². The molecule has 0 aromatic heterocycles. The third-order valence-corrected chi connectivity index (χ3v) is 3.42. The molecule has 0 aromatic carbocycles. The Hall–Kier alpha value is -0.160. The average molecular weight is 200 g/mol. The molecular formula is C10H16O4. The summed E-state index contributed by atoms with van der Waals surface area (Å²) < 4.78 is 17.3. The summed E-state index contributed by atoms with van der Waals surface area (Å²) in [5.41, 5.74) is 0. The number of hydrogen-bond donors (Lipinski definition) is 1. The van der Waals surface area contributed by atoms with E-state index in [-0.39, 0.29) is 36.9 Å². The van der Waals surface area contributed by atoms with Crippen LogP contribution in [0.1, 0.15) is 20.3 Å². The second kappa shape index (κ2) is 2.70. The molecule has 0 spiro atoms. The van der Waals surface area contributed by atoms with Crippen molar-refractivity contribution >= 4 is 0 Å². The highest BCUT2D eigenvalue weighted by atomic mass is 16.8. The maximum atomic E-state index is 9.16. The molecule has 80 valence electrons. The first-order chi connectivity index (χ1) is 6.61. The van der Waals surface area contributed by atoms with Gasteiger partial charge in [-0.05, 0) is 20.3 Å². The lowest BCUT2D eigenvalue weighted by atomic mass is 9.86. The number of aliphatic hydroxyl groups excluding tert-OH is 1. The minimum absolute atomic E-state index is 0.0286. The first-order valence-electron chi connectivity index (χ1n) is 5.23. The van der Waals surface area contributed by atoms with E-state index in [0.29, 0.717) is 0 Å². The van der Waals surface area contributed by atoms with Crippen LogP contribution < -0.4 is 0 Å². The van der Waals surface area contributed by atoms with Gasteiger partial charge in [0.05, 0.1) is 12.2 Å². The fraction of sp³-hybridized carbons (Fsp3) is 1.00. The van der Waals surface area contributed by atoms with Crippen LogP contribution in [-0.4, -0.2) is 41.9 Å². The Labute approximate surface area is 83.1 Å². The number of fused-ring (bicyclic) bond motifs is 5. The van der Waals surface area contributed by atoms with Gasteiger partial charge in [0.2, 0.25) is 0 Å². The Kier molecular flexibility index (Phi) is 1.75. The third-order valence-electron chi connectivity index (χ3n) is 3.42. The Bertz CT molecular complexity index is 251. The summed E-state index contributed by atoms with van der Waals surface area (Å²) in [6.07, 6.45) is 1.18. The van der Waals surface area contributed by atoms with Gasteiger partial charge in [0, 0.05) is 12.5 Å². The predicted molar refractivity (Wildman–Crippen MR) is 47.7 cm³/mol. The molecule has 0 radical (unpaired) electrons. The Balaban J connectivity index is 1.82. The van der Waals surface area contributed by atoms with Gasteiger partial charge >= 0.3 is 0 Å². The van der Waals surface area contributed by atoms with Crippen LogP contribution in [0.4, 0.5) is 0 Å². The first-order valence-corrected chi connectivity index (χ1v) is 5.23. The van der Waals surface area contributed by atoms with Crippen molar-refractivity contribution in [2.45, 2.75) is 50.5 Å². The lowest BCUT2D eigenvalue weighted by Crippen LogP contribution is -2.40. The van der Waals surface area contributed by atoms with Crippen molar-refractivity contribution in [1.82, 2.24) is 0 Å². The van der Waals surface area contributed by atoms with Crippen LogP contribution in [-0.2, 0) is 14.2 Å². The molecule has 4 heteroatoms. The highest BCUT2D eigenvalue weighted by molar-refractivity contribution is 5.06. The van der Waals surface area contributed by atoms with Gasteiger partial charge in [-0.2, -0.15) is 0 Å². The summed E-state index contributed by atoms with van der Waals surface area (Å²) in [4.78, 5) is 0. The summed E-state index contributed by atoms with van der Waals surface area (Å²) in [5.74, 6) is -0.251. The van der Waals surface area contributed by atoms with Crippen molar-refractivity contribution in [2.75, 3.05) is 6.61 Å². The molecule has 3 rings (SSSR count). The fourth-order valence-corrected chi connectivity index (χ4v) is 2.90. The van der Waals surface area contributed by atoms with Crippen LogP contribution in [0, 0.1) is 5.92 Å². The van der Waals surface area contributed by atoms with Gasteiger partial charge in [0.25, 0.3) is 0 Å². The van der Waals surface area contributed by atoms with Gasteiger partial charge in [0.1, 0.15) is 12.2 Å². The van der Waals surface area contributed by atoms with Crippen molar-refractivity contribution in [3.8, 4) is 0 Å². The summed E-state index contributed by atoms with van der Waals surface area (Å²) >= 11 is 0. The zero-order chi connectivity index (χ0) is 9.92. The maximum absolute atomic E-state index is 9.16. The molecule has 0 aliphatic carbocycles. The fourth-order valence-electron chi connectivity index (χ4n) is 2.90. The third kappa shape index (κ3) is 1.08. The van der Waals surface area contributed by atoms with E-state index >= 15 is 0 Å². The maximum Gasteiger partial charge on any atom is 0.164 e. The van der Waals surface area contributed by atoms with E-state index in [1.165, 1.54) is 0 Å². The van der Waals surface area contributed by atoms with Gasteiger partial charge in [-0.1, -0.05) is 0 Å². The van der Waals surface area contributed by atoms with Gasteiger partial charge in [-0.3, -0.25) is 0 Å². The van der Waals surface area contributed by atoms with E-state index in [9.17, 15) is 0 Å². The van der Waals surface area contributed by atoms with E-state index in [0.717, 1.165) is 6.42 Å². The number of hydrogen-bond acceptors (Lipinski definition) is 4. The Morgan fingerprint density at radius 3 is 2.64 bits per heavy atom. The van der Waals surface area contributed by atoms with E-state index < -0.39 is 5.79 Å². The van der Waals surface area contributed by atoms with Crippen molar-refractivity contribution < 1.29 is 19.3 Å². The van der Waals surface area contributed by atoms with Crippen molar-refractivity contribution in [3.63, 3.8) is 0 Å². The second-order valence-electron chi connectivity index (χ2n) is 4.88. The van der Waals surface area contributed by atoms with E-state index in [1.54, 1.807) is 0 Å². The molecule has 14 heavy (non-hydrogen) atoms. The Morgan fingerprint density at radius 1 is 1.21 bits per heavy atom. The van der Waals surface area contributed by atoms with Gasteiger partial charge < -0.3 is 19.3 Å².